The molecule has 0 aromatic rings. The van der Waals surface area contributed by atoms with E-state index in [1.54, 1.807) is 6.92 Å². The molecule has 1 fully saturated rings. The van der Waals surface area contributed by atoms with Crippen molar-refractivity contribution in [1.29, 1.82) is 0 Å². The van der Waals surface area contributed by atoms with E-state index in [9.17, 15) is 14.7 Å². The zero-order valence-corrected chi connectivity index (χ0v) is 9.50. The fourth-order valence-corrected chi connectivity index (χ4v) is 1.61. The number of rotatable bonds is 2. The lowest BCUT2D eigenvalue weighted by molar-refractivity contribution is -0.252. The van der Waals surface area contributed by atoms with Gasteiger partial charge in [-0.2, -0.15) is 0 Å². The Morgan fingerprint density at radius 3 is 2.19 bits per heavy atom. The lowest BCUT2D eigenvalue weighted by atomic mass is 10.0. The first-order chi connectivity index (χ1) is 7.40. The van der Waals surface area contributed by atoms with Crippen LogP contribution in [0, 0.1) is 0 Å². The van der Waals surface area contributed by atoms with Crippen LogP contribution in [-0.4, -0.2) is 41.6 Å². The van der Waals surface area contributed by atoms with E-state index in [0.29, 0.717) is 0 Å². The summed E-state index contributed by atoms with van der Waals surface area (Å²) >= 11 is 0. The van der Waals surface area contributed by atoms with Crippen LogP contribution in [-0.2, 0) is 23.8 Å². The predicted molar refractivity (Wildman–Crippen MR) is 52.3 cm³/mol. The molecule has 0 saturated carbocycles. The molecule has 1 unspecified atom stereocenters. The summed E-state index contributed by atoms with van der Waals surface area (Å²) in [5, 5.41) is 9.50. The highest BCUT2D eigenvalue weighted by molar-refractivity contribution is 5.66. The van der Waals surface area contributed by atoms with Crippen molar-refractivity contribution in [3.63, 3.8) is 0 Å². The number of ether oxygens (including phenoxy) is 3. The zero-order chi connectivity index (χ0) is 12.3. The molecular formula is C10H16O6. The van der Waals surface area contributed by atoms with Gasteiger partial charge >= 0.3 is 11.9 Å². The van der Waals surface area contributed by atoms with E-state index in [2.05, 4.69) is 0 Å². The van der Waals surface area contributed by atoms with Crippen LogP contribution in [0.1, 0.15) is 27.2 Å². The first kappa shape index (κ1) is 12.9. The molecule has 1 saturated heterocycles. The molecule has 92 valence electrons. The van der Waals surface area contributed by atoms with Gasteiger partial charge in [0.25, 0.3) is 0 Å². The fraction of sp³-hybridized carbons (Fsp3) is 0.800. The molecule has 0 amide bonds. The second-order valence-corrected chi connectivity index (χ2v) is 3.76. The maximum Gasteiger partial charge on any atom is 0.303 e. The van der Waals surface area contributed by atoms with E-state index < -0.39 is 36.5 Å². The fourth-order valence-electron chi connectivity index (χ4n) is 1.61. The number of hydrogen-bond acceptors (Lipinski definition) is 6. The minimum Gasteiger partial charge on any atom is -0.460 e. The smallest absolute Gasteiger partial charge is 0.303 e. The monoisotopic (exact) mass is 232 g/mol. The Morgan fingerprint density at radius 2 is 1.69 bits per heavy atom. The molecule has 16 heavy (non-hydrogen) atoms. The maximum atomic E-state index is 10.8. The largest absolute Gasteiger partial charge is 0.460 e. The SMILES string of the molecule is CC(=O)O[C@H]1C[C@@H](OC(C)=O)C(O)O[C@@H]1C. The Morgan fingerprint density at radius 1 is 1.19 bits per heavy atom. The van der Waals surface area contributed by atoms with Gasteiger partial charge in [-0.15, -0.1) is 0 Å². The van der Waals surface area contributed by atoms with E-state index in [-0.39, 0.29) is 6.42 Å². The third-order valence-corrected chi connectivity index (χ3v) is 2.29. The van der Waals surface area contributed by atoms with Gasteiger partial charge in [0.1, 0.15) is 6.10 Å². The lowest BCUT2D eigenvalue weighted by Gasteiger charge is -2.36. The van der Waals surface area contributed by atoms with Gasteiger partial charge in [-0.3, -0.25) is 9.59 Å². The second-order valence-electron chi connectivity index (χ2n) is 3.76. The van der Waals surface area contributed by atoms with Crippen molar-refractivity contribution in [2.24, 2.45) is 0 Å². The Balaban J connectivity index is 2.60. The first-order valence-corrected chi connectivity index (χ1v) is 5.08. The molecule has 1 rings (SSSR count). The molecule has 6 nitrogen and oxygen atoms in total. The molecule has 0 aromatic carbocycles. The number of esters is 2. The van der Waals surface area contributed by atoms with Gasteiger partial charge in [-0.05, 0) is 6.92 Å². The number of aliphatic hydroxyl groups is 1. The van der Waals surface area contributed by atoms with E-state index >= 15 is 0 Å². The number of aliphatic hydroxyl groups excluding tert-OH is 1. The summed E-state index contributed by atoms with van der Waals surface area (Å²) in [6.45, 7) is 4.21. The summed E-state index contributed by atoms with van der Waals surface area (Å²) in [4.78, 5) is 21.6. The molecule has 4 atom stereocenters. The predicted octanol–water partition coefficient (Wildman–Crippen LogP) is -0.0230. The van der Waals surface area contributed by atoms with Crippen molar-refractivity contribution in [2.75, 3.05) is 0 Å². The standard InChI is InChI=1S/C10H16O6/c1-5-8(15-6(2)11)4-9(10(13)14-5)16-7(3)12/h5,8-10,13H,4H2,1-3H3/t5-,8+,9-,10?/m1/s1. The van der Waals surface area contributed by atoms with Gasteiger partial charge in [-0.25, -0.2) is 0 Å². The average molecular weight is 232 g/mol. The summed E-state index contributed by atoms with van der Waals surface area (Å²) in [5.41, 5.74) is 0. The van der Waals surface area contributed by atoms with Crippen molar-refractivity contribution in [1.82, 2.24) is 0 Å². The van der Waals surface area contributed by atoms with Crippen LogP contribution in [0.25, 0.3) is 0 Å². The van der Waals surface area contributed by atoms with Gasteiger partial charge in [0.2, 0.25) is 0 Å². The normalized spacial score (nSPS) is 34.2. The Kier molecular flexibility index (Phi) is 4.26. The molecule has 6 heteroatoms. The highest BCUT2D eigenvalue weighted by atomic mass is 16.7. The van der Waals surface area contributed by atoms with E-state index in [0.717, 1.165) is 0 Å². The first-order valence-electron chi connectivity index (χ1n) is 5.08. The van der Waals surface area contributed by atoms with Gasteiger partial charge in [-0.1, -0.05) is 0 Å². The van der Waals surface area contributed by atoms with Crippen molar-refractivity contribution in [3.05, 3.63) is 0 Å². The topological polar surface area (TPSA) is 82.1 Å². The zero-order valence-electron chi connectivity index (χ0n) is 9.50. The van der Waals surface area contributed by atoms with E-state index in [1.807, 2.05) is 0 Å². The molecule has 1 heterocycles. The summed E-state index contributed by atoms with van der Waals surface area (Å²) in [5.74, 6) is -0.942. The molecule has 0 aliphatic carbocycles. The average Bonchev–Trinajstić information content (AvgIpc) is 2.11. The summed E-state index contributed by atoms with van der Waals surface area (Å²) < 4.78 is 15.0. The Hall–Kier alpha value is -1.14. The van der Waals surface area contributed by atoms with E-state index in [4.69, 9.17) is 14.2 Å². The lowest BCUT2D eigenvalue weighted by Crippen LogP contribution is -2.49. The Labute approximate surface area is 93.5 Å². The van der Waals surface area contributed by atoms with E-state index in [1.165, 1.54) is 13.8 Å². The van der Waals surface area contributed by atoms with Crippen LogP contribution < -0.4 is 0 Å². The highest BCUT2D eigenvalue weighted by Crippen LogP contribution is 2.23. The van der Waals surface area contributed by atoms with Crippen molar-refractivity contribution in [2.45, 2.75) is 51.8 Å². The van der Waals surface area contributed by atoms with Crippen LogP contribution in [0.3, 0.4) is 0 Å². The summed E-state index contributed by atoms with van der Waals surface area (Å²) in [7, 11) is 0. The van der Waals surface area contributed by atoms with Crippen LogP contribution in [0.5, 0.6) is 0 Å². The van der Waals surface area contributed by atoms with Crippen molar-refractivity contribution in [3.8, 4) is 0 Å². The van der Waals surface area contributed by atoms with Gasteiger partial charge in [0, 0.05) is 20.3 Å². The third kappa shape index (κ3) is 3.46. The Bertz CT molecular complexity index is 250. The van der Waals surface area contributed by atoms with Gasteiger partial charge in [0.05, 0.1) is 6.10 Å². The van der Waals surface area contributed by atoms with Gasteiger partial charge < -0.3 is 19.3 Å². The van der Waals surface area contributed by atoms with Crippen LogP contribution >= 0.6 is 0 Å². The molecule has 0 radical (unpaired) electrons. The second kappa shape index (κ2) is 5.27. The minimum absolute atomic E-state index is 0.238. The maximum absolute atomic E-state index is 10.8. The molecule has 0 bridgehead atoms. The molecular weight excluding hydrogens is 216 g/mol. The molecule has 1 aliphatic heterocycles. The van der Waals surface area contributed by atoms with Crippen molar-refractivity contribution < 1.29 is 28.9 Å². The quantitative estimate of drug-likeness (QED) is 0.674. The number of carbonyl (C=O) groups excluding carboxylic acids is 2. The molecule has 0 aromatic heterocycles. The summed E-state index contributed by atoms with van der Waals surface area (Å²) in [6.07, 6.45) is -2.67. The van der Waals surface area contributed by atoms with Crippen LogP contribution in [0.2, 0.25) is 0 Å². The number of hydrogen-bond donors (Lipinski definition) is 1. The van der Waals surface area contributed by atoms with Crippen LogP contribution in [0.4, 0.5) is 0 Å². The number of carbonyl (C=O) groups is 2. The molecule has 0 spiro atoms. The van der Waals surface area contributed by atoms with Crippen molar-refractivity contribution >= 4 is 11.9 Å². The highest BCUT2D eigenvalue weighted by Gasteiger charge is 2.38. The molecule has 1 aliphatic rings. The molecule has 1 N–H and O–H groups in total. The summed E-state index contributed by atoms with van der Waals surface area (Å²) in [6, 6.07) is 0. The minimum atomic E-state index is -1.18. The third-order valence-electron chi connectivity index (χ3n) is 2.29. The van der Waals surface area contributed by atoms with Gasteiger partial charge in [0.15, 0.2) is 12.4 Å². The van der Waals surface area contributed by atoms with Crippen LogP contribution in [0.15, 0.2) is 0 Å².